The second-order valence-electron chi connectivity index (χ2n) is 6.42. The summed E-state index contributed by atoms with van der Waals surface area (Å²) in [7, 11) is -13.0. The largest absolute Gasteiger partial charge is 0.375 e. The van der Waals surface area contributed by atoms with Gasteiger partial charge in [0.05, 0.1) is 17.6 Å². The summed E-state index contributed by atoms with van der Waals surface area (Å²) in [5.41, 5.74) is 0. The van der Waals surface area contributed by atoms with E-state index in [1.54, 1.807) is 33.8 Å². The van der Waals surface area contributed by atoms with Crippen LogP contribution >= 0.6 is 22.8 Å². The van der Waals surface area contributed by atoms with Crippen LogP contribution < -0.4 is 5.30 Å². The van der Waals surface area contributed by atoms with Crippen LogP contribution in [0.5, 0.6) is 0 Å². The molecule has 1 rings (SSSR count). The quantitative estimate of drug-likeness (QED) is 0.599. The Morgan fingerprint density at radius 2 is 1.21 bits per heavy atom. The first-order valence-corrected chi connectivity index (χ1v) is 12.6. The number of benzene rings is 1. The fourth-order valence-electron chi connectivity index (χ4n) is 2.05. The van der Waals surface area contributed by atoms with E-state index in [1.807, 2.05) is 0 Å². The van der Waals surface area contributed by atoms with Crippen LogP contribution in [0.1, 0.15) is 27.7 Å². The molecule has 0 spiro atoms. The first-order chi connectivity index (χ1) is 10.9. The van der Waals surface area contributed by atoms with Crippen molar-refractivity contribution in [3.05, 3.63) is 30.3 Å². The van der Waals surface area contributed by atoms with E-state index in [0.717, 1.165) is 0 Å². The second kappa shape index (κ2) is 8.42. The van der Waals surface area contributed by atoms with E-state index in [4.69, 9.17) is 8.62 Å². The molecule has 0 aromatic heterocycles. The van der Waals surface area contributed by atoms with Crippen molar-refractivity contribution in [3.8, 4) is 0 Å². The summed E-state index contributed by atoms with van der Waals surface area (Å²) >= 11 is 0. The van der Waals surface area contributed by atoms with Crippen molar-refractivity contribution in [2.24, 2.45) is 11.8 Å². The molecule has 0 bridgehead atoms. The van der Waals surface area contributed by atoms with Gasteiger partial charge in [-0.25, -0.2) is 8.62 Å². The van der Waals surface area contributed by atoms with Crippen molar-refractivity contribution in [2.75, 3.05) is 12.3 Å². The van der Waals surface area contributed by atoms with E-state index in [9.17, 15) is 23.5 Å². The van der Waals surface area contributed by atoms with Gasteiger partial charge in [0.25, 0.3) is 0 Å². The molecule has 0 amide bonds. The van der Waals surface area contributed by atoms with Gasteiger partial charge in [-0.15, -0.1) is 0 Å². The van der Waals surface area contributed by atoms with Gasteiger partial charge in [0.15, 0.2) is 0 Å². The summed E-state index contributed by atoms with van der Waals surface area (Å²) in [5, 5.41) is -0.0407. The number of rotatable bonds is 9. The van der Waals surface area contributed by atoms with E-state index in [-0.39, 0.29) is 29.5 Å². The molecule has 0 radical (unpaired) electrons. The van der Waals surface area contributed by atoms with Gasteiger partial charge in [0, 0.05) is 0 Å². The average Bonchev–Trinajstić information content (AvgIpc) is 2.34. The van der Waals surface area contributed by atoms with Gasteiger partial charge in [0.1, 0.15) is 0 Å². The SMILES string of the molecule is CC(C)CP(=O)(O)OP(=O)(OP(=O)(O)CC(C)C)c1ccccc1. The highest BCUT2D eigenvalue weighted by Gasteiger charge is 2.42. The van der Waals surface area contributed by atoms with Crippen molar-refractivity contribution >= 4 is 28.1 Å². The van der Waals surface area contributed by atoms with Crippen LogP contribution in [-0.2, 0) is 22.3 Å². The Labute approximate surface area is 143 Å². The summed E-state index contributed by atoms with van der Waals surface area (Å²) in [5.74, 6) is -0.386. The van der Waals surface area contributed by atoms with Crippen molar-refractivity contribution in [1.82, 2.24) is 0 Å². The van der Waals surface area contributed by atoms with Crippen LogP contribution in [0.2, 0.25) is 0 Å². The molecule has 0 saturated heterocycles. The third-order valence-corrected chi connectivity index (χ3v) is 9.81. The smallest absolute Gasteiger partial charge is 0.324 e. The van der Waals surface area contributed by atoms with E-state index in [1.165, 1.54) is 24.3 Å². The minimum absolute atomic E-state index is 0.0407. The molecule has 0 aliphatic heterocycles. The lowest BCUT2D eigenvalue weighted by atomic mass is 10.3. The first-order valence-electron chi connectivity index (χ1n) is 7.57. The molecule has 0 aliphatic rings. The molecule has 24 heavy (non-hydrogen) atoms. The topological polar surface area (TPSA) is 110 Å². The van der Waals surface area contributed by atoms with Gasteiger partial charge < -0.3 is 9.79 Å². The normalized spacial score (nSPS) is 19.7. The Morgan fingerprint density at radius 3 is 1.54 bits per heavy atom. The fraction of sp³-hybridized carbons (Fsp3) is 0.571. The molecule has 0 saturated carbocycles. The molecule has 2 atom stereocenters. The lowest BCUT2D eigenvalue weighted by molar-refractivity contribution is 0.317. The maximum atomic E-state index is 13.1. The molecule has 0 aliphatic carbocycles. The van der Waals surface area contributed by atoms with Crippen LogP contribution in [0.25, 0.3) is 0 Å². The van der Waals surface area contributed by atoms with Gasteiger partial charge in [0.2, 0.25) is 0 Å². The zero-order valence-corrected chi connectivity index (χ0v) is 16.9. The third-order valence-electron chi connectivity index (χ3n) is 2.73. The maximum Gasteiger partial charge on any atom is 0.375 e. The molecule has 10 heteroatoms. The van der Waals surface area contributed by atoms with E-state index >= 15 is 0 Å². The molecule has 7 nitrogen and oxygen atoms in total. The average molecular weight is 398 g/mol. The van der Waals surface area contributed by atoms with Gasteiger partial charge in [-0.2, -0.15) is 0 Å². The maximum absolute atomic E-state index is 13.1. The van der Waals surface area contributed by atoms with Crippen LogP contribution in [-0.4, -0.2) is 22.1 Å². The number of hydrogen-bond acceptors (Lipinski definition) is 5. The molecule has 0 heterocycles. The van der Waals surface area contributed by atoms with Gasteiger partial charge >= 0.3 is 22.8 Å². The Kier molecular flexibility index (Phi) is 7.65. The first kappa shape index (κ1) is 21.8. The van der Waals surface area contributed by atoms with Crippen LogP contribution in [0.4, 0.5) is 0 Å². The highest BCUT2D eigenvalue weighted by Crippen LogP contribution is 2.69. The molecule has 2 N–H and O–H groups in total. The van der Waals surface area contributed by atoms with Crippen molar-refractivity contribution in [3.63, 3.8) is 0 Å². The highest BCUT2D eigenvalue weighted by atomic mass is 31.3. The van der Waals surface area contributed by atoms with E-state index < -0.39 is 22.8 Å². The summed E-state index contributed by atoms with van der Waals surface area (Å²) in [4.78, 5) is 19.9. The molecule has 1 aromatic rings. The van der Waals surface area contributed by atoms with E-state index in [2.05, 4.69) is 0 Å². The minimum atomic E-state index is -4.45. The molecule has 0 fully saturated rings. The summed E-state index contributed by atoms with van der Waals surface area (Å²) < 4.78 is 47.5. The fourth-order valence-corrected chi connectivity index (χ4v) is 8.79. The van der Waals surface area contributed by atoms with Crippen molar-refractivity contribution < 1.29 is 32.1 Å². The molecular weight excluding hydrogens is 373 g/mol. The van der Waals surface area contributed by atoms with Gasteiger partial charge in [-0.05, 0) is 24.0 Å². The van der Waals surface area contributed by atoms with Crippen LogP contribution in [0, 0.1) is 11.8 Å². The Balaban J connectivity index is 3.21. The summed E-state index contributed by atoms with van der Waals surface area (Å²) in [6.45, 7) is 6.82. The number of hydrogen-bond donors (Lipinski definition) is 2. The molecule has 1 aromatic carbocycles. The zero-order chi connectivity index (χ0) is 18.6. The summed E-state index contributed by atoms with van der Waals surface area (Å²) in [6.07, 6.45) is -0.486. The summed E-state index contributed by atoms with van der Waals surface area (Å²) in [6, 6.07) is 7.44. The molecule has 138 valence electrons. The van der Waals surface area contributed by atoms with Crippen LogP contribution in [0.3, 0.4) is 0 Å². The predicted molar refractivity (Wildman–Crippen MR) is 94.9 cm³/mol. The Bertz CT molecular complexity index is 636. The molecular formula is C14H25O7P3. The predicted octanol–water partition coefficient (Wildman–Crippen LogP) is 4.22. The monoisotopic (exact) mass is 398 g/mol. The lowest BCUT2D eigenvalue weighted by Gasteiger charge is -2.24. The Morgan fingerprint density at radius 1 is 0.833 bits per heavy atom. The zero-order valence-electron chi connectivity index (χ0n) is 14.2. The van der Waals surface area contributed by atoms with Crippen molar-refractivity contribution in [1.29, 1.82) is 0 Å². The standard InChI is InChI=1S/C14H25O7P3/c1-12(2)10-22(15,16)20-24(19,14-8-6-5-7-9-14)21-23(17,18)11-13(3)4/h5-9,12-13H,10-11H2,1-4H3,(H,15,16)(H,17,18). The van der Waals surface area contributed by atoms with E-state index in [0.29, 0.717) is 0 Å². The second-order valence-corrected chi connectivity index (χ2v) is 12.5. The lowest BCUT2D eigenvalue weighted by Crippen LogP contribution is -2.12. The highest BCUT2D eigenvalue weighted by molar-refractivity contribution is 7.76. The minimum Gasteiger partial charge on any atom is -0.324 e. The Hall–Kier alpha value is -0.250. The van der Waals surface area contributed by atoms with Crippen LogP contribution in [0.15, 0.2) is 30.3 Å². The van der Waals surface area contributed by atoms with Gasteiger partial charge in [-0.3, -0.25) is 13.7 Å². The molecule has 2 unspecified atom stereocenters. The van der Waals surface area contributed by atoms with Gasteiger partial charge in [-0.1, -0.05) is 45.9 Å². The third kappa shape index (κ3) is 7.33. The van der Waals surface area contributed by atoms with Crippen molar-refractivity contribution in [2.45, 2.75) is 27.7 Å².